The van der Waals surface area contributed by atoms with Crippen LogP contribution in [-0.4, -0.2) is 39.3 Å². The minimum absolute atomic E-state index is 0.171. The molecule has 150 valence electrons. The predicted octanol–water partition coefficient (Wildman–Crippen LogP) is 4.85. The quantitative estimate of drug-likeness (QED) is 0.614. The maximum atomic E-state index is 13.1. The van der Waals surface area contributed by atoms with Gasteiger partial charge in [0.15, 0.2) is 11.0 Å². The Balaban J connectivity index is 2.05. The summed E-state index contributed by atoms with van der Waals surface area (Å²) in [4.78, 5) is 15.3. The summed E-state index contributed by atoms with van der Waals surface area (Å²) in [5.41, 5.74) is 2.94. The molecule has 0 unspecified atom stereocenters. The molecule has 29 heavy (non-hydrogen) atoms. The number of halogens is 1. The molecule has 6 heteroatoms. The van der Waals surface area contributed by atoms with E-state index in [0.717, 1.165) is 36.2 Å². The van der Waals surface area contributed by atoms with Crippen LogP contribution in [0.5, 0.6) is 11.5 Å². The Kier molecular flexibility index (Phi) is 5.35. The first-order chi connectivity index (χ1) is 14.0. The molecule has 0 N–H and O–H groups in total. The number of benzene rings is 2. The molecule has 0 fully saturated rings. The van der Waals surface area contributed by atoms with Crippen molar-refractivity contribution in [1.29, 1.82) is 0 Å². The van der Waals surface area contributed by atoms with E-state index in [4.69, 9.17) is 25.5 Å². The summed E-state index contributed by atoms with van der Waals surface area (Å²) in [5, 5.41) is 0.987. The second-order valence-electron chi connectivity index (χ2n) is 7.09. The van der Waals surface area contributed by atoms with Crippen molar-refractivity contribution in [3.63, 3.8) is 0 Å². The van der Waals surface area contributed by atoms with E-state index in [-0.39, 0.29) is 5.43 Å². The number of ether oxygens (including phenoxy) is 2. The molecule has 5 nitrogen and oxygen atoms in total. The Morgan fingerprint density at radius 3 is 2.55 bits per heavy atom. The van der Waals surface area contributed by atoms with Gasteiger partial charge < -0.3 is 18.8 Å². The van der Waals surface area contributed by atoms with Crippen LogP contribution in [-0.2, 0) is 0 Å². The van der Waals surface area contributed by atoms with Crippen LogP contribution in [0.1, 0.15) is 12.0 Å². The summed E-state index contributed by atoms with van der Waals surface area (Å²) in [7, 11) is 5.22. The van der Waals surface area contributed by atoms with Gasteiger partial charge in [-0.3, -0.25) is 4.79 Å². The van der Waals surface area contributed by atoms with Crippen molar-refractivity contribution in [2.24, 2.45) is 0 Å². The highest BCUT2D eigenvalue weighted by atomic mass is 35.5. The first-order valence-electron chi connectivity index (χ1n) is 9.38. The van der Waals surface area contributed by atoms with Gasteiger partial charge in [0.1, 0.15) is 22.6 Å². The lowest BCUT2D eigenvalue weighted by atomic mass is 9.95. The van der Waals surface area contributed by atoms with E-state index in [1.165, 1.54) is 13.2 Å². The van der Waals surface area contributed by atoms with Gasteiger partial charge in [0.05, 0.1) is 19.8 Å². The Labute approximate surface area is 174 Å². The summed E-state index contributed by atoms with van der Waals surface area (Å²) in [6.45, 7) is 1.74. The molecule has 2 heterocycles. The molecule has 0 saturated heterocycles. The highest BCUT2D eigenvalue weighted by Crippen LogP contribution is 2.41. The number of likely N-dealkylation sites (N-methyl/N-ethyl adjacent to an activating group) is 1. The molecule has 0 atom stereocenters. The molecule has 0 aliphatic carbocycles. The molecular formula is C23H22ClNO4. The number of fused-ring (bicyclic) bond motifs is 1. The summed E-state index contributed by atoms with van der Waals surface area (Å²) in [6, 6.07) is 10.5. The molecule has 3 aromatic rings. The Morgan fingerprint density at radius 1 is 1.10 bits per heavy atom. The van der Waals surface area contributed by atoms with Crippen LogP contribution in [0.25, 0.3) is 27.9 Å². The van der Waals surface area contributed by atoms with E-state index < -0.39 is 0 Å². The van der Waals surface area contributed by atoms with Crippen LogP contribution in [0.2, 0.25) is 5.02 Å². The molecule has 0 amide bonds. The van der Waals surface area contributed by atoms with Crippen molar-refractivity contribution in [1.82, 2.24) is 4.90 Å². The normalized spacial score (nSPS) is 14.7. The van der Waals surface area contributed by atoms with Gasteiger partial charge in [0.2, 0.25) is 0 Å². The molecular weight excluding hydrogens is 390 g/mol. The molecule has 0 radical (unpaired) electrons. The summed E-state index contributed by atoms with van der Waals surface area (Å²) < 4.78 is 17.5. The van der Waals surface area contributed by atoms with Crippen LogP contribution in [0.4, 0.5) is 0 Å². The van der Waals surface area contributed by atoms with E-state index in [1.54, 1.807) is 25.3 Å². The zero-order valence-corrected chi connectivity index (χ0v) is 17.4. The smallest absolute Gasteiger partial charge is 0.197 e. The molecule has 4 rings (SSSR count). The van der Waals surface area contributed by atoms with E-state index >= 15 is 0 Å². The van der Waals surface area contributed by atoms with Gasteiger partial charge in [-0.2, -0.15) is 0 Å². The maximum Gasteiger partial charge on any atom is 0.197 e. The fraction of sp³-hybridized carbons (Fsp3) is 0.261. The Morgan fingerprint density at radius 2 is 1.90 bits per heavy atom. The van der Waals surface area contributed by atoms with Gasteiger partial charge in [-0.05, 0) is 31.2 Å². The minimum atomic E-state index is -0.171. The third kappa shape index (κ3) is 3.63. The first-order valence-corrected chi connectivity index (χ1v) is 9.76. The van der Waals surface area contributed by atoms with Crippen LogP contribution < -0.4 is 14.9 Å². The molecule has 1 aromatic heterocycles. The van der Waals surface area contributed by atoms with E-state index in [2.05, 4.69) is 18.0 Å². The molecule has 2 aromatic carbocycles. The largest absolute Gasteiger partial charge is 0.496 e. The van der Waals surface area contributed by atoms with Gasteiger partial charge in [-0.1, -0.05) is 29.8 Å². The van der Waals surface area contributed by atoms with Gasteiger partial charge in [0.25, 0.3) is 0 Å². The third-order valence-electron chi connectivity index (χ3n) is 5.21. The average molecular weight is 412 g/mol. The standard InChI is InChI=1S/C23H22ClNO4/c1-25-9-7-14(8-10-25)21-19(27-2)13-20(28-3)22-17(26)12-18(29-23(21)22)15-5-4-6-16(24)11-15/h4-7,11-13H,8-10H2,1-3H3. The van der Waals surface area contributed by atoms with Crippen molar-refractivity contribution < 1.29 is 13.9 Å². The van der Waals surface area contributed by atoms with Crippen molar-refractivity contribution in [3.05, 3.63) is 63.3 Å². The van der Waals surface area contributed by atoms with Crippen LogP contribution in [0, 0.1) is 0 Å². The number of hydrogen-bond donors (Lipinski definition) is 0. The Hall–Kier alpha value is -2.76. The summed E-state index contributed by atoms with van der Waals surface area (Å²) >= 11 is 6.14. The topological polar surface area (TPSA) is 51.9 Å². The third-order valence-corrected chi connectivity index (χ3v) is 5.45. The summed E-state index contributed by atoms with van der Waals surface area (Å²) in [5.74, 6) is 1.51. The van der Waals surface area contributed by atoms with Gasteiger partial charge in [-0.15, -0.1) is 0 Å². The second kappa shape index (κ2) is 7.93. The minimum Gasteiger partial charge on any atom is -0.496 e. The fourth-order valence-corrected chi connectivity index (χ4v) is 3.88. The highest BCUT2D eigenvalue weighted by molar-refractivity contribution is 6.30. The number of rotatable bonds is 4. The zero-order chi connectivity index (χ0) is 20.5. The van der Waals surface area contributed by atoms with Crippen molar-refractivity contribution in [3.8, 4) is 22.8 Å². The lowest BCUT2D eigenvalue weighted by Crippen LogP contribution is -2.24. The molecule has 1 aliphatic heterocycles. The predicted molar refractivity (Wildman–Crippen MR) is 116 cm³/mol. The van der Waals surface area contributed by atoms with E-state index in [1.807, 2.05) is 12.1 Å². The average Bonchev–Trinajstić information content (AvgIpc) is 2.73. The second-order valence-corrected chi connectivity index (χ2v) is 7.52. The number of hydrogen-bond acceptors (Lipinski definition) is 5. The SMILES string of the molecule is COc1cc(OC)c2c(=O)cc(-c3cccc(Cl)c3)oc2c1C1=CCN(C)CC1. The lowest BCUT2D eigenvalue weighted by molar-refractivity contribution is 0.368. The van der Waals surface area contributed by atoms with Crippen molar-refractivity contribution >= 4 is 28.1 Å². The van der Waals surface area contributed by atoms with Gasteiger partial charge in [0, 0.05) is 35.8 Å². The van der Waals surface area contributed by atoms with Crippen LogP contribution in [0.15, 0.2) is 51.7 Å². The summed E-state index contributed by atoms with van der Waals surface area (Å²) in [6.07, 6.45) is 2.98. The number of nitrogens with zero attached hydrogens (tertiary/aromatic N) is 1. The van der Waals surface area contributed by atoms with E-state index in [9.17, 15) is 4.79 Å². The number of methoxy groups -OCH3 is 2. The molecule has 0 saturated carbocycles. The molecule has 1 aliphatic rings. The lowest BCUT2D eigenvalue weighted by Gasteiger charge is -2.24. The monoisotopic (exact) mass is 411 g/mol. The van der Waals surface area contributed by atoms with Crippen LogP contribution >= 0.6 is 11.6 Å². The maximum absolute atomic E-state index is 13.1. The van der Waals surface area contributed by atoms with Crippen LogP contribution in [0.3, 0.4) is 0 Å². The highest BCUT2D eigenvalue weighted by Gasteiger charge is 2.23. The zero-order valence-electron chi connectivity index (χ0n) is 16.6. The molecule has 0 bridgehead atoms. The van der Waals surface area contributed by atoms with Crippen molar-refractivity contribution in [2.75, 3.05) is 34.4 Å². The van der Waals surface area contributed by atoms with Gasteiger partial charge >= 0.3 is 0 Å². The van der Waals surface area contributed by atoms with Crippen molar-refractivity contribution in [2.45, 2.75) is 6.42 Å². The fourth-order valence-electron chi connectivity index (χ4n) is 3.69. The Bertz CT molecular complexity index is 1170. The van der Waals surface area contributed by atoms with E-state index in [0.29, 0.717) is 33.3 Å². The molecule has 0 spiro atoms. The first kappa shape index (κ1) is 19.6. The van der Waals surface area contributed by atoms with Gasteiger partial charge in [-0.25, -0.2) is 0 Å².